The van der Waals surface area contributed by atoms with E-state index in [0.29, 0.717) is 5.92 Å². The average Bonchev–Trinajstić information content (AvgIpc) is 3.19. The third-order valence-corrected chi connectivity index (χ3v) is 5.23. The molecular weight excluding hydrogens is 232 g/mol. The van der Waals surface area contributed by atoms with E-state index in [1.165, 1.54) is 50.5 Å². The second-order valence-corrected chi connectivity index (χ2v) is 6.48. The van der Waals surface area contributed by atoms with E-state index in [1.807, 2.05) is 0 Å². The van der Waals surface area contributed by atoms with Crippen LogP contribution in [0.1, 0.15) is 62.7 Å². The molecule has 1 heteroatoms. The number of aliphatic hydroxyl groups excluding tert-OH is 1. The molecule has 2 aliphatic carbocycles. The highest BCUT2D eigenvalue weighted by molar-refractivity contribution is 5.26. The number of unbranched alkanes of at least 4 members (excludes halogenated alkanes) is 1. The SMILES string of the molecule is CCCCc1ccc(C(O)C2C3CCCCC32)cc1. The largest absolute Gasteiger partial charge is 0.388 e. The molecular formula is C18H26O. The predicted octanol–water partition coefficient (Wildman–Crippen LogP) is 4.50. The summed E-state index contributed by atoms with van der Waals surface area (Å²) in [4.78, 5) is 0. The number of hydrogen-bond acceptors (Lipinski definition) is 1. The first-order valence-electron chi connectivity index (χ1n) is 8.08. The second-order valence-electron chi connectivity index (χ2n) is 6.48. The molecule has 3 rings (SSSR count). The van der Waals surface area contributed by atoms with E-state index in [0.717, 1.165) is 17.4 Å². The van der Waals surface area contributed by atoms with E-state index in [4.69, 9.17) is 0 Å². The Kier molecular flexibility index (Phi) is 3.93. The average molecular weight is 258 g/mol. The highest BCUT2D eigenvalue weighted by atomic mass is 16.3. The molecule has 2 fully saturated rings. The zero-order valence-electron chi connectivity index (χ0n) is 12.0. The van der Waals surface area contributed by atoms with Gasteiger partial charge >= 0.3 is 0 Å². The van der Waals surface area contributed by atoms with E-state index in [2.05, 4.69) is 31.2 Å². The van der Waals surface area contributed by atoms with Crippen LogP contribution in [-0.2, 0) is 6.42 Å². The maximum absolute atomic E-state index is 10.6. The Hall–Kier alpha value is -0.820. The van der Waals surface area contributed by atoms with Crippen molar-refractivity contribution >= 4 is 0 Å². The van der Waals surface area contributed by atoms with Gasteiger partial charge in [-0.15, -0.1) is 0 Å². The molecule has 104 valence electrons. The molecule has 0 heterocycles. The molecule has 2 saturated carbocycles. The highest BCUT2D eigenvalue weighted by Gasteiger charge is 2.54. The van der Waals surface area contributed by atoms with Gasteiger partial charge in [0.2, 0.25) is 0 Å². The van der Waals surface area contributed by atoms with Crippen molar-refractivity contribution in [3.63, 3.8) is 0 Å². The summed E-state index contributed by atoms with van der Waals surface area (Å²) < 4.78 is 0. The Morgan fingerprint density at radius 2 is 1.74 bits per heavy atom. The molecule has 0 bridgehead atoms. The summed E-state index contributed by atoms with van der Waals surface area (Å²) >= 11 is 0. The summed E-state index contributed by atoms with van der Waals surface area (Å²) in [6, 6.07) is 8.72. The molecule has 3 atom stereocenters. The topological polar surface area (TPSA) is 20.2 Å². The Morgan fingerprint density at radius 1 is 1.11 bits per heavy atom. The fourth-order valence-electron chi connectivity index (χ4n) is 4.00. The molecule has 1 N–H and O–H groups in total. The van der Waals surface area contributed by atoms with Crippen LogP contribution < -0.4 is 0 Å². The van der Waals surface area contributed by atoms with E-state index in [-0.39, 0.29) is 6.10 Å². The normalized spacial score (nSPS) is 30.7. The monoisotopic (exact) mass is 258 g/mol. The predicted molar refractivity (Wildman–Crippen MR) is 79.0 cm³/mol. The zero-order valence-corrected chi connectivity index (χ0v) is 12.0. The number of aryl methyl sites for hydroxylation is 1. The lowest BCUT2D eigenvalue weighted by Gasteiger charge is -2.11. The van der Waals surface area contributed by atoms with Gasteiger partial charge in [0.05, 0.1) is 6.10 Å². The minimum Gasteiger partial charge on any atom is -0.388 e. The van der Waals surface area contributed by atoms with Crippen LogP contribution in [-0.4, -0.2) is 5.11 Å². The minimum absolute atomic E-state index is 0.215. The van der Waals surface area contributed by atoms with Gasteiger partial charge in [-0.1, -0.05) is 50.5 Å². The van der Waals surface area contributed by atoms with Crippen molar-refractivity contribution in [2.75, 3.05) is 0 Å². The van der Waals surface area contributed by atoms with Gasteiger partial charge in [0.1, 0.15) is 0 Å². The van der Waals surface area contributed by atoms with E-state index >= 15 is 0 Å². The minimum atomic E-state index is -0.215. The van der Waals surface area contributed by atoms with Crippen LogP contribution in [0, 0.1) is 17.8 Å². The second kappa shape index (κ2) is 5.66. The number of hydrogen-bond donors (Lipinski definition) is 1. The van der Waals surface area contributed by atoms with E-state index < -0.39 is 0 Å². The van der Waals surface area contributed by atoms with Crippen molar-refractivity contribution in [1.29, 1.82) is 0 Å². The van der Waals surface area contributed by atoms with Crippen LogP contribution >= 0.6 is 0 Å². The van der Waals surface area contributed by atoms with Gasteiger partial charge < -0.3 is 5.11 Å². The Labute approximate surface area is 117 Å². The fraction of sp³-hybridized carbons (Fsp3) is 0.667. The van der Waals surface area contributed by atoms with Crippen LogP contribution in [0.15, 0.2) is 24.3 Å². The van der Waals surface area contributed by atoms with Crippen LogP contribution in [0.4, 0.5) is 0 Å². The molecule has 19 heavy (non-hydrogen) atoms. The van der Waals surface area contributed by atoms with Gasteiger partial charge in [0.15, 0.2) is 0 Å². The fourth-order valence-corrected chi connectivity index (χ4v) is 4.00. The summed E-state index contributed by atoms with van der Waals surface area (Å²) in [5, 5.41) is 10.6. The number of aliphatic hydroxyl groups is 1. The third-order valence-electron chi connectivity index (χ3n) is 5.23. The summed E-state index contributed by atoms with van der Waals surface area (Å²) in [5.41, 5.74) is 2.55. The van der Waals surface area contributed by atoms with E-state index in [1.54, 1.807) is 0 Å². The number of fused-ring (bicyclic) bond motifs is 1. The van der Waals surface area contributed by atoms with Crippen molar-refractivity contribution in [3.8, 4) is 0 Å². The van der Waals surface area contributed by atoms with Crippen molar-refractivity contribution in [1.82, 2.24) is 0 Å². The summed E-state index contributed by atoms with van der Waals surface area (Å²) in [6.07, 6.45) is 8.91. The Balaban J connectivity index is 1.62. The maximum Gasteiger partial charge on any atom is 0.0823 e. The number of rotatable bonds is 5. The molecule has 1 aromatic carbocycles. The first-order valence-corrected chi connectivity index (χ1v) is 8.08. The van der Waals surface area contributed by atoms with Gasteiger partial charge in [-0.2, -0.15) is 0 Å². The van der Waals surface area contributed by atoms with Crippen molar-refractivity contribution < 1.29 is 5.11 Å². The smallest absolute Gasteiger partial charge is 0.0823 e. The lowest BCUT2D eigenvalue weighted by Crippen LogP contribution is -2.02. The molecule has 2 aliphatic rings. The van der Waals surface area contributed by atoms with E-state index in [9.17, 15) is 5.11 Å². The summed E-state index contributed by atoms with van der Waals surface area (Å²) in [6.45, 7) is 2.23. The standard InChI is InChI=1S/C18H26O/c1-2-3-6-13-9-11-14(12-10-13)18(19)17-15-7-4-5-8-16(15)17/h9-12,15-19H,2-8H2,1H3. The van der Waals surface area contributed by atoms with Crippen molar-refractivity contribution in [2.45, 2.75) is 58.0 Å². The van der Waals surface area contributed by atoms with Crippen LogP contribution in [0.2, 0.25) is 0 Å². The summed E-state index contributed by atoms with van der Waals surface area (Å²) in [7, 11) is 0. The lowest BCUT2D eigenvalue weighted by molar-refractivity contribution is 0.142. The number of benzene rings is 1. The Bertz CT molecular complexity index is 396. The van der Waals surface area contributed by atoms with Gasteiger partial charge in [-0.05, 0) is 54.6 Å². The highest BCUT2D eigenvalue weighted by Crippen LogP contribution is 2.60. The molecule has 0 spiro atoms. The van der Waals surface area contributed by atoms with Gasteiger partial charge in [0, 0.05) is 0 Å². The molecule has 0 aliphatic heterocycles. The first kappa shape index (κ1) is 13.2. The molecule has 1 aromatic rings. The molecule has 0 radical (unpaired) electrons. The van der Waals surface area contributed by atoms with Gasteiger partial charge in [0.25, 0.3) is 0 Å². The van der Waals surface area contributed by atoms with Crippen LogP contribution in [0.3, 0.4) is 0 Å². The van der Waals surface area contributed by atoms with Crippen molar-refractivity contribution in [3.05, 3.63) is 35.4 Å². The molecule has 0 amide bonds. The summed E-state index contributed by atoms with van der Waals surface area (Å²) in [5.74, 6) is 2.20. The lowest BCUT2D eigenvalue weighted by atomic mass is 10.00. The molecule has 0 saturated heterocycles. The quantitative estimate of drug-likeness (QED) is 0.824. The van der Waals surface area contributed by atoms with Crippen LogP contribution in [0.25, 0.3) is 0 Å². The Morgan fingerprint density at radius 3 is 2.32 bits per heavy atom. The van der Waals surface area contributed by atoms with Crippen LogP contribution in [0.5, 0.6) is 0 Å². The van der Waals surface area contributed by atoms with Gasteiger partial charge in [-0.25, -0.2) is 0 Å². The zero-order chi connectivity index (χ0) is 13.2. The molecule has 3 unspecified atom stereocenters. The first-order chi connectivity index (χ1) is 9.31. The molecule has 1 nitrogen and oxygen atoms in total. The van der Waals surface area contributed by atoms with Crippen molar-refractivity contribution in [2.24, 2.45) is 17.8 Å². The van der Waals surface area contributed by atoms with Gasteiger partial charge in [-0.3, -0.25) is 0 Å². The maximum atomic E-state index is 10.6. The molecule has 0 aromatic heterocycles. The third kappa shape index (κ3) is 2.72.